The van der Waals surface area contributed by atoms with Crippen molar-refractivity contribution in [1.82, 2.24) is 5.32 Å². The predicted octanol–water partition coefficient (Wildman–Crippen LogP) is 2.05. The number of nitrogens with one attached hydrogen (secondary N) is 1. The smallest absolute Gasteiger partial charge is 0.305 e. The van der Waals surface area contributed by atoms with E-state index in [-0.39, 0.29) is 12.3 Å². The van der Waals surface area contributed by atoms with Crippen LogP contribution in [0.3, 0.4) is 0 Å². The number of amides is 1. The van der Waals surface area contributed by atoms with Crippen LogP contribution in [0, 0.1) is 11.7 Å². The van der Waals surface area contributed by atoms with E-state index in [0.717, 1.165) is 0 Å². The Morgan fingerprint density at radius 3 is 2.28 bits per heavy atom. The molecule has 1 atom stereocenters. The first-order valence-electron chi connectivity index (χ1n) is 5.68. The third-order valence-electron chi connectivity index (χ3n) is 2.62. The molecule has 0 saturated heterocycles. The predicted molar refractivity (Wildman–Crippen MR) is 64.7 cm³/mol. The number of rotatable bonds is 5. The second kappa shape index (κ2) is 6.14. The van der Waals surface area contributed by atoms with Gasteiger partial charge in [-0.05, 0) is 30.2 Å². The molecule has 0 aliphatic carbocycles. The van der Waals surface area contributed by atoms with Crippen LogP contribution in [0.2, 0.25) is 0 Å². The van der Waals surface area contributed by atoms with E-state index in [2.05, 4.69) is 5.32 Å². The minimum absolute atomic E-state index is 0.00509. The highest BCUT2D eigenvalue weighted by atomic mass is 19.1. The van der Waals surface area contributed by atoms with Gasteiger partial charge in [-0.25, -0.2) is 4.39 Å². The molecule has 0 bridgehead atoms. The molecule has 98 valence electrons. The van der Waals surface area contributed by atoms with Crippen molar-refractivity contribution in [2.75, 3.05) is 0 Å². The van der Waals surface area contributed by atoms with E-state index < -0.39 is 23.7 Å². The molecule has 0 radical (unpaired) electrons. The average molecular weight is 253 g/mol. The summed E-state index contributed by atoms with van der Waals surface area (Å²) in [6.07, 6.45) is -0.134. The second-order valence-corrected chi connectivity index (χ2v) is 4.43. The van der Waals surface area contributed by atoms with Crippen molar-refractivity contribution in [3.05, 3.63) is 35.6 Å². The number of hydrogen-bond donors (Lipinski definition) is 2. The Balaban J connectivity index is 2.72. The Morgan fingerprint density at radius 1 is 1.28 bits per heavy atom. The third kappa shape index (κ3) is 4.16. The lowest BCUT2D eigenvalue weighted by atomic mass is 10.0. The maximum absolute atomic E-state index is 12.7. The highest BCUT2D eigenvalue weighted by Crippen LogP contribution is 2.09. The van der Waals surface area contributed by atoms with Gasteiger partial charge in [0, 0.05) is 11.6 Å². The van der Waals surface area contributed by atoms with Gasteiger partial charge in [0.25, 0.3) is 5.91 Å². The molecule has 0 aliphatic rings. The summed E-state index contributed by atoms with van der Waals surface area (Å²) in [6, 6.07) is 4.67. The van der Waals surface area contributed by atoms with Gasteiger partial charge >= 0.3 is 5.97 Å². The maximum Gasteiger partial charge on any atom is 0.305 e. The molecule has 0 fully saturated rings. The van der Waals surface area contributed by atoms with Crippen molar-refractivity contribution in [1.29, 1.82) is 0 Å². The van der Waals surface area contributed by atoms with E-state index in [0.29, 0.717) is 5.56 Å². The Labute approximate surface area is 105 Å². The summed E-state index contributed by atoms with van der Waals surface area (Å²) in [5, 5.41) is 11.4. The molecule has 1 aromatic rings. The van der Waals surface area contributed by atoms with Gasteiger partial charge in [0.05, 0.1) is 6.42 Å². The molecule has 2 N–H and O–H groups in total. The average Bonchev–Trinajstić information content (AvgIpc) is 2.28. The largest absolute Gasteiger partial charge is 0.481 e. The quantitative estimate of drug-likeness (QED) is 0.844. The highest BCUT2D eigenvalue weighted by Gasteiger charge is 2.19. The molecule has 0 aromatic heterocycles. The lowest BCUT2D eigenvalue weighted by Gasteiger charge is -2.20. The van der Waals surface area contributed by atoms with Crippen molar-refractivity contribution in [3.8, 4) is 0 Å². The van der Waals surface area contributed by atoms with Crippen LogP contribution in [0.5, 0.6) is 0 Å². The first-order chi connectivity index (χ1) is 8.40. The van der Waals surface area contributed by atoms with Crippen molar-refractivity contribution >= 4 is 11.9 Å². The standard InChI is InChI=1S/C13H16FNO3/c1-8(2)11(7-12(16)17)15-13(18)9-3-5-10(14)6-4-9/h3-6,8,11H,7H2,1-2H3,(H,15,18)(H,16,17). The Kier molecular flexibility index (Phi) is 4.83. The summed E-state index contributed by atoms with van der Waals surface area (Å²) in [7, 11) is 0. The fourth-order valence-electron chi connectivity index (χ4n) is 1.49. The number of carboxylic acid groups (broad SMARTS) is 1. The molecule has 1 aromatic carbocycles. The Bertz CT molecular complexity index is 428. The normalized spacial score (nSPS) is 12.2. The lowest BCUT2D eigenvalue weighted by Crippen LogP contribution is -2.40. The van der Waals surface area contributed by atoms with Gasteiger partial charge in [0.15, 0.2) is 0 Å². The van der Waals surface area contributed by atoms with Crippen molar-refractivity contribution in [2.45, 2.75) is 26.3 Å². The van der Waals surface area contributed by atoms with E-state index in [9.17, 15) is 14.0 Å². The molecular weight excluding hydrogens is 237 g/mol. The van der Waals surface area contributed by atoms with E-state index in [1.165, 1.54) is 24.3 Å². The molecule has 5 heteroatoms. The zero-order chi connectivity index (χ0) is 13.7. The minimum atomic E-state index is -0.965. The fraction of sp³-hybridized carbons (Fsp3) is 0.385. The first-order valence-corrected chi connectivity index (χ1v) is 5.68. The number of carbonyl (C=O) groups is 2. The number of carboxylic acids is 1. The fourth-order valence-corrected chi connectivity index (χ4v) is 1.49. The van der Waals surface area contributed by atoms with Crippen LogP contribution in [-0.2, 0) is 4.79 Å². The Hall–Kier alpha value is -1.91. The van der Waals surface area contributed by atoms with Crippen LogP contribution in [-0.4, -0.2) is 23.0 Å². The van der Waals surface area contributed by atoms with Crippen LogP contribution in [0.1, 0.15) is 30.6 Å². The molecule has 1 rings (SSSR count). The number of hydrogen-bond acceptors (Lipinski definition) is 2. The molecule has 0 spiro atoms. The van der Waals surface area contributed by atoms with Crippen molar-refractivity contribution in [2.24, 2.45) is 5.92 Å². The summed E-state index contributed by atoms with van der Waals surface area (Å²) < 4.78 is 12.7. The molecular formula is C13H16FNO3. The zero-order valence-electron chi connectivity index (χ0n) is 10.3. The topological polar surface area (TPSA) is 66.4 Å². The minimum Gasteiger partial charge on any atom is -0.481 e. The number of aliphatic carboxylic acids is 1. The number of carbonyl (C=O) groups excluding carboxylic acids is 1. The molecule has 0 aliphatic heterocycles. The number of benzene rings is 1. The molecule has 4 nitrogen and oxygen atoms in total. The van der Waals surface area contributed by atoms with E-state index in [4.69, 9.17) is 5.11 Å². The second-order valence-electron chi connectivity index (χ2n) is 4.43. The van der Waals surface area contributed by atoms with Crippen LogP contribution in [0.15, 0.2) is 24.3 Å². The first kappa shape index (κ1) is 14.2. The van der Waals surface area contributed by atoms with E-state index in [1.54, 1.807) is 0 Å². The van der Waals surface area contributed by atoms with Crippen molar-refractivity contribution in [3.63, 3.8) is 0 Å². The van der Waals surface area contributed by atoms with Crippen LogP contribution >= 0.6 is 0 Å². The summed E-state index contributed by atoms with van der Waals surface area (Å²) in [5.74, 6) is -1.77. The lowest BCUT2D eigenvalue weighted by molar-refractivity contribution is -0.137. The maximum atomic E-state index is 12.7. The monoisotopic (exact) mass is 253 g/mol. The third-order valence-corrected chi connectivity index (χ3v) is 2.62. The van der Waals surface area contributed by atoms with Gasteiger partial charge in [-0.1, -0.05) is 13.8 Å². The van der Waals surface area contributed by atoms with Gasteiger partial charge in [-0.3, -0.25) is 9.59 Å². The van der Waals surface area contributed by atoms with Gasteiger partial charge < -0.3 is 10.4 Å². The zero-order valence-corrected chi connectivity index (χ0v) is 10.3. The van der Waals surface area contributed by atoms with Crippen LogP contribution in [0.4, 0.5) is 4.39 Å². The highest BCUT2D eigenvalue weighted by molar-refractivity contribution is 5.94. The van der Waals surface area contributed by atoms with Crippen LogP contribution in [0.25, 0.3) is 0 Å². The van der Waals surface area contributed by atoms with Crippen molar-refractivity contribution < 1.29 is 19.1 Å². The number of halogens is 1. The SMILES string of the molecule is CC(C)C(CC(=O)O)NC(=O)c1ccc(F)cc1. The summed E-state index contributed by atoms with van der Waals surface area (Å²) in [6.45, 7) is 3.66. The molecule has 0 heterocycles. The molecule has 1 unspecified atom stereocenters. The Morgan fingerprint density at radius 2 is 1.83 bits per heavy atom. The van der Waals surface area contributed by atoms with E-state index in [1.807, 2.05) is 13.8 Å². The summed E-state index contributed by atoms with van der Waals surface area (Å²) >= 11 is 0. The summed E-state index contributed by atoms with van der Waals surface area (Å²) in [5.41, 5.74) is 0.312. The molecule has 0 saturated carbocycles. The molecule has 1 amide bonds. The van der Waals surface area contributed by atoms with Gasteiger partial charge in [-0.2, -0.15) is 0 Å². The van der Waals surface area contributed by atoms with Crippen LogP contribution < -0.4 is 5.32 Å². The van der Waals surface area contributed by atoms with Gasteiger partial charge in [-0.15, -0.1) is 0 Å². The van der Waals surface area contributed by atoms with Gasteiger partial charge in [0.1, 0.15) is 5.82 Å². The summed E-state index contributed by atoms with van der Waals surface area (Å²) in [4.78, 5) is 22.5. The van der Waals surface area contributed by atoms with Gasteiger partial charge in [0.2, 0.25) is 0 Å². The van der Waals surface area contributed by atoms with E-state index >= 15 is 0 Å². The molecule has 18 heavy (non-hydrogen) atoms.